The molecule has 1 aliphatic rings. The fourth-order valence-electron chi connectivity index (χ4n) is 2.09. The van der Waals surface area contributed by atoms with Gasteiger partial charge < -0.3 is 5.11 Å². The van der Waals surface area contributed by atoms with Gasteiger partial charge in [0.2, 0.25) is 0 Å². The van der Waals surface area contributed by atoms with Gasteiger partial charge >= 0.3 is 5.97 Å². The van der Waals surface area contributed by atoms with Gasteiger partial charge in [-0.05, 0) is 24.8 Å². The number of hydrogen-bond donors (Lipinski definition) is 2. The molecule has 1 aromatic rings. The molecule has 0 bridgehead atoms. The quantitative estimate of drug-likeness (QED) is 0.574. The van der Waals surface area contributed by atoms with E-state index in [9.17, 15) is 25.0 Å². The average molecular weight is 295 g/mol. The van der Waals surface area contributed by atoms with Gasteiger partial charge in [0, 0.05) is 18.2 Å². The Morgan fingerprint density at radius 1 is 1.33 bits per heavy atom. The van der Waals surface area contributed by atoms with Crippen molar-refractivity contribution in [2.45, 2.75) is 25.4 Å². The van der Waals surface area contributed by atoms with E-state index in [-0.39, 0.29) is 23.7 Å². The summed E-state index contributed by atoms with van der Waals surface area (Å²) < 4.78 is 0. The smallest absolute Gasteiger partial charge is 0.320 e. The molecule has 1 saturated carbocycles. The number of rotatable bonds is 7. The second kappa shape index (κ2) is 5.83. The minimum Gasteiger partial charge on any atom is -0.480 e. The molecule has 112 valence electrons. The normalized spacial score (nSPS) is 15.4. The van der Waals surface area contributed by atoms with Crippen LogP contribution in [0.15, 0.2) is 18.2 Å². The minimum atomic E-state index is -0.998. The molecule has 0 aromatic heterocycles. The number of benzene rings is 1. The fourth-order valence-corrected chi connectivity index (χ4v) is 2.09. The Kier molecular flexibility index (Phi) is 4.13. The van der Waals surface area contributed by atoms with Crippen LogP contribution in [-0.2, 0) is 11.3 Å². The third kappa shape index (κ3) is 3.51. The summed E-state index contributed by atoms with van der Waals surface area (Å²) in [6.07, 6.45) is 1.62. The van der Waals surface area contributed by atoms with Gasteiger partial charge in [0.25, 0.3) is 11.4 Å². The lowest BCUT2D eigenvalue weighted by molar-refractivity contribution is -0.394. The fraction of sp³-hybridized carbons (Fsp3) is 0.417. The van der Waals surface area contributed by atoms with Gasteiger partial charge in [0.1, 0.15) is 6.04 Å². The summed E-state index contributed by atoms with van der Waals surface area (Å²) in [5.74, 6) is -0.957. The van der Waals surface area contributed by atoms with Crippen molar-refractivity contribution in [3.05, 3.63) is 44.0 Å². The molecule has 1 atom stereocenters. The van der Waals surface area contributed by atoms with Crippen LogP contribution in [0.5, 0.6) is 0 Å². The van der Waals surface area contributed by atoms with Crippen molar-refractivity contribution in [1.82, 2.24) is 5.32 Å². The number of nitro benzene ring substituents is 2. The highest BCUT2D eigenvalue weighted by Gasteiger charge is 2.36. The summed E-state index contributed by atoms with van der Waals surface area (Å²) in [6, 6.07) is 2.57. The van der Waals surface area contributed by atoms with E-state index in [2.05, 4.69) is 5.32 Å². The molecule has 0 radical (unpaired) electrons. The molecule has 9 heteroatoms. The maximum Gasteiger partial charge on any atom is 0.320 e. The Morgan fingerprint density at radius 3 is 2.48 bits per heavy atom. The van der Waals surface area contributed by atoms with Crippen molar-refractivity contribution in [3.63, 3.8) is 0 Å². The number of hydrogen-bond acceptors (Lipinski definition) is 6. The van der Waals surface area contributed by atoms with E-state index >= 15 is 0 Å². The first-order valence-corrected chi connectivity index (χ1v) is 6.28. The molecule has 1 fully saturated rings. The number of nitrogens with one attached hydrogen (secondary N) is 1. The van der Waals surface area contributed by atoms with Crippen LogP contribution in [0.3, 0.4) is 0 Å². The summed E-state index contributed by atoms with van der Waals surface area (Å²) in [5, 5.41) is 33.4. The lowest BCUT2D eigenvalue weighted by Crippen LogP contribution is -2.38. The van der Waals surface area contributed by atoms with E-state index in [1.807, 2.05) is 0 Å². The van der Waals surface area contributed by atoms with Gasteiger partial charge in [0.15, 0.2) is 0 Å². The number of carboxylic acids is 1. The topological polar surface area (TPSA) is 136 Å². The maximum atomic E-state index is 11.1. The molecule has 0 spiro atoms. The molecule has 1 unspecified atom stereocenters. The molecule has 9 nitrogen and oxygen atoms in total. The van der Waals surface area contributed by atoms with E-state index in [1.165, 1.54) is 6.07 Å². The van der Waals surface area contributed by atoms with Crippen LogP contribution >= 0.6 is 0 Å². The van der Waals surface area contributed by atoms with Crippen molar-refractivity contribution < 1.29 is 19.7 Å². The highest BCUT2D eigenvalue weighted by Crippen LogP contribution is 2.33. The Hall–Kier alpha value is -2.55. The molecule has 2 rings (SSSR count). The summed E-state index contributed by atoms with van der Waals surface area (Å²) in [6.45, 7) is -0.0260. The molecule has 1 aromatic carbocycles. The average Bonchev–Trinajstić information content (AvgIpc) is 3.22. The van der Waals surface area contributed by atoms with E-state index in [0.29, 0.717) is 0 Å². The first-order chi connectivity index (χ1) is 9.90. The van der Waals surface area contributed by atoms with Gasteiger partial charge in [-0.3, -0.25) is 30.3 Å². The van der Waals surface area contributed by atoms with Crippen molar-refractivity contribution in [1.29, 1.82) is 0 Å². The molecule has 0 heterocycles. The number of aliphatic carboxylic acids is 1. The standard InChI is InChI=1S/C12H13N3O6/c16-12(17)11(7-1-2-7)13-6-8-3-4-9(14(18)19)5-10(8)15(20)21/h3-5,7,11,13H,1-2,6H2,(H,16,17). The Bertz CT molecular complexity index is 599. The van der Waals surface area contributed by atoms with E-state index < -0.39 is 27.5 Å². The van der Waals surface area contributed by atoms with Gasteiger partial charge in [-0.1, -0.05) is 0 Å². The zero-order valence-electron chi connectivity index (χ0n) is 10.9. The second-order valence-electron chi connectivity index (χ2n) is 4.86. The Morgan fingerprint density at radius 2 is 2.00 bits per heavy atom. The molecule has 0 saturated heterocycles. The first kappa shape index (κ1) is 14.9. The number of carboxylic acid groups (broad SMARTS) is 1. The number of nitrogens with zero attached hydrogens (tertiary/aromatic N) is 2. The van der Waals surface area contributed by atoms with Crippen LogP contribution in [0, 0.1) is 26.1 Å². The summed E-state index contributed by atoms with van der Waals surface area (Å²) in [7, 11) is 0. The van der Waals surface area contributed by atoms with Crippen LogP contribution in [-0.4, -0.2) is 27.0 Å². The van der Waals surface area contributed by atoms with Gasteiger partial charge in [-0.25, -0.2) is 0 Å². The second-order valence-corrected chi connectivity index (χ2v) is 4.86. The van der Waals surface area contributed by atoms with Crippen LogP contribution in [0.1, 0.15) is 18.4 Å². The van der Waals surface area contributed by atoms with Gasteiger partial charge in [0.05, 0.1) is 15.9 Å². The zero-order valence-corrected chi connectivity index (χ0v) is 10.9. The molecule has 21 heavy (non-hydrogen) atoms. The largest absolute Gasteiger partial charge is 0.480 e. The van der Waals surface area contributed by atoms with E-state index in [4.69, 9.17) is 5.11 Å². The SMILES string of the molecule is O=C(O)C(NCc1ccc([N+](=O)[O-])cc1[N+](=O)[O-])C1CC1. The van der Waals surface area contributed by atoms with Crippen LogP contribution in [0.2, 0.25) is 0 Å². The third-order valence-corrected chi connectivity index (χ3v) is 3.35. The Balaban J connectivity index is 2.17. The van der Waals surface area contributed by atoms with Gasteiger partial charge in [-0.2, -0.15) is 0 Å². The van der Waals surface area contributed by atoms with Crippen molar-refractivity contribution in [3.8, 4) is 0 Å². The zero-order chi connectivity index (χ0) is 15.6. The van der Waals surface area contributed by atoms with E-state index in [0.717, 1.165) is 25.0 Å². The van der Waals surface area contributed by atoms with E-state index in [1.54, 1.807) is 0 Å². The molecule has 1 aliphatic carbocycles. The van der Waals surface area contributed by atoms with Crippen molar-refractivity contribution in [2.75, 3.05) is 0 Å². The molecular weight excluding hydrogens is 282 g/mol. The van der Waals surface area contributed by atoms with Crippen molar-refractivity contribution in [2.24, 2.45) is 5.92 Å². The third-order valence-electron chi connectivity index (χ3n) is 3.35. The first-order valence-electron chi connectivity index (χ1n) is 6.28. The highest BCUT2D eigenvalue weighted by molar-refractivity contribution is 5.74. The van der Waals surface area contributed by atoms with Gasteiger partial charge in [-0.15, -0.1) is 0 Å². The number of nitro groups is 2. The van der Waals surface area contributed by atoms with Crippen LogP contribution < -0.4 is 5.32 Å². The minimum absolute atomic E-state index is 0.0260. The summed E-state index contributed by atoms with van der Waals surface area (Å²) in [4.78, 5) is 31.2. The predicted octanol–water partition coefficient (Wildman–Crippen LogP) is 1.46. The Labute approximate surface area is 118 Å². The number of carbonyl (C=O) groups is 1. The molecule has 0 amide bonds. The monoisotopic (exact) mass is 295 g/mol. The lowest BCUT2D eigenvalue weighted by atomic mass is 10.1. The van der Waals surface area contributed by atoms with Crippen molar-refractivity contribution >= 4 is 17.3 Å². The number of non-ortho nitro benzene ring substituents is 1. The molecule has 2 N–H and O–H groups in total. The summed E-state index contributed by atoms with van der Waals surface area (Å²) >= 11 is 0. The molecule has 0 aliphatic heterocycles. The lowest BCUT2D eigenvalue weighted by Gasteiger charge is -2.13. The summed E-state index contributed by atoms with van der Waals surface area (Å²) in [5.41, 5.74) is -0.545. The highest BCUT2D eigenvalue weighted by atomic mass is 16.6. The van der Waals surface area contributed by atoms with Crippen LogP contribution in [0.25, 0.3) is 0 Å². The maximum absolute atomic E-state index is 11.1. The molecular formula is C12H13N3O6. The predicted molar refractivity (Wildman–Crippen MR) is 70.7 cm³/mol. The van der Waals surface area contributed by atoms with Crippen LogP contribution in [0.4, 0.5) is 11.4 Å².